The molecule has 2 heterocycles. The molecule has 11 heteroatoms. The lowest BCUT2D eigenvalue weighted by atomic mass is 9.87. The Balaban J connectivity index is 1.51. The Morgan fingerprint density at radius 1 is 1.07 bits per heavy atom. The van der Waals surface area contributed by atoms with Gasteiger partial charge in [0.2, 0.25) is 0 Å². The number of esters is 1. The molecule has 0 radical (unpaired) electrons. The smallest absolute Gasteiger partial charge is 0.332 e. The van der Waals surface area contributed by atoms with Gasteiger partial charge in [-0.15, -0.1) is 0 Å². The van der Waals surface area contributed by atoms with Crippen molar-refractivity contribution in [1.29, 1.82) is 0 Å². The Morgan fingerprint density at radius 2 is 1.74 bits per heavy atom. The molecule has 0 aliphatic carbocycles. The van der Waals surface area contributed by atoms with E-state index in [1.807, 2.05) is 31.2 Å². The van der Waals surface area contributed by atoms with Crippen molar-refractivity contribution in [3.63, 3.8) is 0 Å². The lowest BCUT2D eigenvalue weighted by Gasteiger charge is -2.43. The van der Waals surface area contributed by atoms with Crippen LogP contribution in [-0.2, 0) is 20.7 Å². The average Bonchev–Trinajstić information content (AvgIpc) is 3.25. The van der Waals surface area contributed by atoms with Crippen molar-refractivity contribution in [2.45, 2.75) is 70.6 Å². The summed E-state index contributed by atoms with van der Waals surface area (Å²) in [6.45, 7) is 5.16. The molecule has 0 unspecified atom stereocenters. The molecule has 1 aromatic heterocycles. The van der Waals surface area contributed by atoms with Crippen molar-refractivity contribution in [2.24, 2.45) is 0 Å². The van der Waals surface area contributed by atoms with Crippen LogP contribution in [0.2, 0.25) is 0 Å². The van der Waals surface area contributed by atoms with Gasteiger partial charge in [0.25, 0.3) is 5.92 Å². The Kier molecular flexibility index (Phi) is 9.82. The van der Waals surface area contributed by atoms with Crippen LogP contribution in [-0.4, -0.2) is 66.5 Å². The molecule has 4 rings (SSSR count). The number of rotatable bonds is 13. The lowest BCUT2D eigenvalue weighted by Crippen LogP contribution is -2.48. The highest BCUT2D eigenvalue weighted by molar-refractivity contribution is 5.85. The number of carbonyl (C=O) groups is 1. The van der Waals surface area contributed by atoms with E-state index in [1.54, 1.807) is 11.8 Å². The molecular weight excluding hydrogens is 559 g/mol. The summed E-state index contributed by atoms with van der Waals surface area (Å²) in [6.07, 6.45) is -0.817. The van der Waals surface area contributed by atoms with E-state index in [0.717, 1.165) is 28.6 Å². The molecular formula is C31H37F5N2O4. The number of para-hydroxylation sites is 1. The number of hydrogen-bond acceptors (Lipinski definition) is 5. The van der Waals surface area contributed by atoms with Gasteiger partial charge in [-0.3, -0.25) is 4.90 Å². The van der Waals surface area contributed by atoms with E-state index >= 15 is 8.78 Å². The number of H-pyrrole nitrogens is 1. The van der Waals surface area contributed by atoms with Gasteiger partial charge in [0.1, 0.15) is 29.7 Å². The summed E-state index contributed by atoms with van der Waals surface area (Å²) >= 11 is 0. The summed E-state index contributed by atoms with van der Waals surface area (Å²) in [5.74, 6) is -5.91. The van der Waals surface area contributed by atoms with Crippen LogP contribution in [0, 0.1) is 11.6 Å². The molecule has 2 aromatic carbocycles. The van der Waals surface area contributed by atoms with Crippen LogP contribution in [0.1, 0.15) is 63.4 Å². The van der Waals surface area contributed by atoms with E-state index in [9.17, 15) is 18.0 Å². The summed E-state index contributed by atoms with van der Waals surface area (Å²) < 4.78 is 89.7. The van der Waals surface area contributed by atoms with Crippen LogP contribution in [0.4, 0.5) is 22.0 Å². The van der Waals surface area contributed by atoms with Gasteiger partial charge in [-0.05, 0) is 45.7 Å². The summed E-state index contributed by atoms with van der Waals surface area (Å²) in [5, 5.41) is 0.941. The van der Waals surface area contributed by atoms with Gasteiger partial charge in [0.05, 0.1) is 25.9 Å². The Hall–Kier alpha value is -3.18. The maximum Gasteiger partial charge on any atom is 0.332 e. The van der Waals surface area contributed by atoms with Crippen molar-refractivity contribution < 1.29 is 41.0 Å². The van der Waals surface area contributed by atoms with Crippen molar-refractivity contribution in [3.8, 4) is 5.75 Å². The third-order valence-corrected chi connectivity index (χ3v) is 7.28. The molecule has 0 amide bonds. The zero-order chi connectivity index (χ0) is 30.7. The van der Waals surface area contributed by atoms with Gasteiger partial charge in [0, 0.05) is 59.7 Å². The molecule has 1 aliphatic heterocycles. The number of alkyl halides is 3. The predicted octanol–water partition coefficient (Wildman–Crippen LogP) is 6.90. The Morgan fingerprint density at radius 3 is 2.40 bits per heavy atom. The Bertz CT molecular complexity index is 1360. The summed E-state index contributed by atoms with van der Waals surface area (Å²) in [5.41, 5.74) is 0.420. The third kappa shape index (κ3) is 7.60. The summed E-state index contributed by atoms with van der Waals surface area (Å²) in [6, 6.07) is 8.34. The Labute approximate surface area is 242 Å². The monoisotopic (exact) mass is 596 g/mol. The number of halogens is 5. The largest absolute Gasteiger partial charge is 0.493 e. The van der Waals surface area contributed by atoms with Gasteiger partial charge in [-0.1, -0.05) is 18.2 Å². The van der Waals surface area contributed by atoms with Gasteiger partial charge in [-0.25, -0.2) is 26.7 Å². The minimum absolute atomic E-state index is 0.0661. The first-order valence-corrected chi connectivity index (χ1v) is 14.1. The molecule has 6 nitrogen and oxygen atoms in total. The maximum absolute atomic E-state index is 15.7. The van der Waals surface area contributed by atoms with Gasteiger partial charge < -0.3 is 19.2 Å². The van der Waals surface area contributed by atoms with Crippen LogP contribution < -0.4 is 4.74 Å². The number of benzene rings is 2. The van der Waals surface area contributed by atoms with Crippen LogP contribution >= 0.6 is 0 Å². The zero-order valence-electron chi connectivity index (χ0n) is 24.2. The van der Waals surface area contributed by atoms with Crippen LogP contribution in [0.3, 0.4) is 0 Å². The van der Waals surface area contributed by atoms with Crippen LogP contribution in [0.25, 0.3) is 10.9 Å². The first-order chi connectivity index (χ1) is 19.8. The summed E-state index contributed by atoms with van der Waals surface area (Å²) in [7, 11) is 0. The molecule has 230 valence electrons. The quantitative estimate of drug-likeness (QED) is 0.132. The molecule has 1 aliphatic rings. The highest BCUT2D eigenvalue weighted by Crippen LogP contribution is 2.43. The highest BCUT2D eigenvalue weighted by atomic mass is 19.3. The first-order valence-electron chi connectivity index (χ1n) is 14.1. The molecule has 1 N–H and O–H groups in total. The van der Waals surface area contributed by atoms with E-state index in [0.29, 0.717) is 12.1 Å². The van der Waals surface area contributed by atoms with E-state index in [1.165, 1.54) is 13.8 Å². The van der Waals surface area contributed by atoms with E-state index in [4.69, 9.17) is 9.47 Å². The topological polar surface area (TPSA) is 63.8 Å². The van der Waals surface area contributed by atoms with Gasteiger partial charge in [0.15, 0.2) is 0 Å². The second-order valence-corrected chi connectivity index (χ2v) is 11.3. The van der Waals surface area contributed by atoms with Gasteiger partial charge >= 0.3 is 5.97 Å². The molecule has 2 atom stereocenters. The SMILES string of the molecule is CCOC(=O)COCCC(F)(F)CCOc1cc(F)c([C@@H]2c3[nH]c4ccccc4c3C[C@@H](C)N2CC(C)(C)F)c(F)c1. The number of carbonyl (C=O) groups excluding carboxylic acids is 1. The number of ether oxygens (including phenoxy) is 3. The van der Waals surface area contributed by atoms with Crippen LogP contribution in [0.5, 0.6) is 5.75 Å². The summed E-state index contributed by atoms with van der Waals surface area (Å²) in [4.78, 5) is 16.3. The average molecular weight is 597 g/mol. The van der Waals surface area contributed by atoms with Crippen LogP contribution in [0.15, 0.2) is 36.4 Å². The molecule has 3 aromatic rings. The minimum atomic E-state index is -3.18. The van der Waals surface area contributed by atoms with Crippen molar-refractivity contribution in [2.75, 3.05) is 33.0 Å². The number of nitrogens with one attached hydrogen (secondary N) is 1. The fourth-order valence-corrected chi connectivity index (χ4v) is 5.43. The molecule has 0 bridgehead atoms. The molecule has 0 fully saturated rings. The van der Waals surface area contributed by atoms with E-state index < -0.39 is 61.3 Å². The standard InChI is InChI=1S/C31H37F5N2O4/c1-5-41-26(39)17-40-12-10-31(35,36)11-13-42-20-15-23(32)27(24(33)16-20)29-28-22(21-8-6-7-9-25(21)37-28)14-19(2)38(29)18-30(3,4)34/h6-9,15-16,19,29,37H,5,10-14,17-18H2,1-4H3/t19-,29-/m1/s1. The second kappa shape index (κ2) is 13.0. The molecule has 0 saturated carbocycles. The number of aromatic nitrogens is 1. The molecule has 0 saturated heterocycles. The molecule has 42 heavy (non-hydrogen) atoms. The maximum atomic E-state index is 15.7. The zero-order valence-corrected chi connectivity index (χ0v) is 24.2. The van der Waals surface area contributed by atoms with Crippen molar-refractivity contribution >= 4 is 16.9 Å². The predicted molar refractivity (Wildman–Crippen MR) is 149 cm³/mol. The van der Waals surface area contributed by atoms with Crippen molar-refractivity contribution in [1.82, 2.24) is 9.88 Å². The minimum Gasteiger partial charge on any atom is -0.493 e. The van der Waals surface area contributed by atoms with E-state index in [2.05, 4.69) is 9.72 Å². The molecule has 0 spiro atoms. The van der Waals surface area contributed by atoms with Crippen molar-refractivity contribution in [3.05, 3.63) is 64.9 Å². The number of nitrogens with zero attached hydrogens (tertiary/aromatic N) is 1. The number of aromatic amines is 1. The lowest BCUT2D eigenvalue weighted by molar-refractivity contribution is -0.149. The fraction of sp³-hybridized carbons (Fsp3) is 0.516. The van der Waals surface area contributed by atoms with E-state index in [-0.39, 0.29) is 37.1 Å². The third-order valence-electron chi connectivity index (χ3n) is 7.28. The normalized spacial score (nSPS) is 17.8. The fourth-order valence-electron chi connectivity index (χ4n) is 5.43. The number of hydrogen-bond donors (Lipinski definition) is 1. The first kappa shape index (κ1) is 31.7. The van der Waals surface area contributed by atoms with Gasteiger partial charge in [-0.2, -0.15) is 0 Å². The second-order valence-electron chi connectivity index (χ2n) is 11.3. The number of fused-ring (bicyclic) bond motifs is 3. The highest BCUT2D eigenvalue weighted by Gasteiger charge is 2.41.